The third-order valence-corrected chi connectivity index (χ3v) is 4.08. The molecule has 3 aromatic heterocycles. The van der Waals surface area contributed by atoms with Crippen molar-refractivity contribution in [3.8, 4) is 5.82 Å². The van der Waals surface area contributed by atoms with E-state index in [1.165, 1.54) is 11.0 Å². The normalized spacial score (nSPS) is 16.6. The molecule has 0 saturated carbocycles. The van der Waals surface area contributed by atoms with Crippen LogP contribution in [0.1, 0.15) is 30.1 Å². The summed E-state index contributed by atoms with van der Waals surface area (Å²) < 4.78 is 3.26. The number of tetrazole rings is 1. The highest BCUT2D eigenvalue weighted by atomic mass is 16.2. The molecule has 0 fully saturated rings. The van der Waals surface area contributed by atoms with Gasteiger partial charge in [0.15, 0.2) is 5.82 Å². The van der Waals surface area contributed by atoms with E-state index in [9.17, 15) is 4.79 Å². The predicted molar refractivity (Wildman–Crippen MR) is 83.0 cm³/mol. The van der Waals surface area contributed by atoms with Crippen molar-refractivity contribution in [1.29, 1.82) is 0 Å². The van der Waals surface area contributed by atoms with Gasteiger partial charge in [-0.25, -0.2) is 14.3 Å². The summed E-state index contributed by atoms with van der Waals surface area (Å²) in [6, 6.07) is 5.69. The second-order valence-electron chi connectivity index (χ2n) is 5.67. The number of hydrogen-bond donors (Lipinski definition) is 1. The van der Waals surface area contributed by atoms with Crippen molar-refractivity contribution in [2.45, 2.75) is 31.8 Å². The van der Waals surface area contributed by atoms with Gasteiger partial charge >= 0.3 is 0 Å². The fourth-order valence-corrected chi connectivity index (χ4v) is 3.02. The number of hydrogen-bond acceptors (Lipinski definition) is 6. The Kier molecular flexibility index (Phi) is 3.73. The molecule has 122 valence electrons. The van der Waals surface area contributed by atoms with Crippen LogP contribution in [0.2, 0.25) is 0 Å². The van der Waals surface area contributed by atoms with Crippen LogP contribution in [0.15, 0.2) is 36.9 Å². The molecular weight excluding hydrogens is 308 g/mol. The van der Waals surface area contributed by atoms with Gasteiger partial charge in [0.05, 0.1) is 17.9 Å². The second-order valence-corrected chi connectivity index (χ2v) is 5.67. The summed E-state index contributed by atoms with van der Waals surface area (Å²) in [6.45, 7) is 0.104. The molecule has 1 aliphatic carbocycles. The Morgan fingerprint density at radius 3 is 3.12 bits per heavy atom. The standard InChI is InChI=1S/C15H16N8O/c24-15(9-22-10-17-20-21-22)19-12-4-3-5-13-11(12)8-18-23(13)14-6-1-2-7-16-14/h1-2,6-8,10,12H,3-5,9H2,(H,19,24). The summed E-state index contributed by atoms with van der Waals surface area (Å²) in [5.74, 6) is 0.671. The fraction of sp³-hybridized carbons (Fsp3) is 0.333. The third kappa shape index (κ3) is 2.75. The highest BCUT2D eigenvalue weighted by Crippen LogP contribution is 2.30. The van der Waals surface area contributed by atoms with E-state index < -0.39 is 0 Å². The zero-order valence-corrected chi connectivity index (χ0v) is 12.9. The number of amides is 1. The summed E-state index contributed by atoms with van der Waals surface area (Å²) in [6.07, 6.45) is 7.79. The van der Waals surface area contributed by atoms with Gasteiger partial charge in [0.2, 0.25) is 5.91 Å². The van der Waals surface area contributed by atoms with E-state index >= 15 is 0 Å². The third-order valence-electron chi connectivity index (χ3n) is 4.08. The number of rotatable bonds is 4. The van der Waals surface area contributed by atoms with E-state index in [0.29, 0.717) is 0 Å². The van der Waals surface area contributed by atoms with Crippen LogP contribution < -0.4 is 5.32 Å². The summed E-state index contributed by atoms with van der Waals surface area (Å²) in [4.78, 5) is 16.6. The van der Waals surface area contributed by atoms with E-state index in [0.717, 1.165) is 36.3 Å². The van der Waals surface area contributed by atoms with Gasteiger partial charge in [0.1, 0.15) is 12.9 Å². The summed E-state index contributed by atoms with van der Waals surface area (Å²) in [7, 11) is 0. The molecule has 1 N–H and O–H groups in total. The van der Waals surface area contributed by atoms with Crippen molar-refractivity contribution in [3.05, 3.63) is 48.2 Å². The van der Waals surface area contributed by atoms with E-state index in [-0.39, 0.29) is 18.5 Å². The molecular formula is C15H16N8O. The van der Waals surface area contributed by atoms with Crippen molar-refractivity contribution in [1.82, 2.24) is 40.3 Å². The van der Waals surface area contributed by atoms with Crippen LogP contribution in [0.3, 0.4) is 0 Å². The first-order valence-electron chi connectivity index (χ1n) is 7.79. The van der Waals surface area contributed by atoms with Gasteiger partial charge in [-0.05, 0) is 41.8 Å². The molecule has 0 aromatic carbocycles. The largest absolute Gasteiger partial charge is 0.348 e. The van der Waals surface area contributed by atoms with E-state index in [1.54, 1.807) is 6.20 Å². The first-order valence-corrected chi connectivity index (χ1v) is 7.79. The zero-order chi connectivity index (χ0) is 16.4. The lowest BCUT2D eigenvalue weighted by molar-refractivity contribution is -0.122. The quantitative estimate of drug-likeness (QED) is 0.747. The lowest BCUT2D eigenvalue weighted by atomic mass is 9.93. The molecule has 0 saturated heterocycles. The molecule has 24 heavy (non-hydrogen) atoms. The van der Waals surface area contributed by atoms with E-state index in [2.05, 4.69) is 30.9 Å². The van der Waals surface area contributed by atoms with Crippen LogP contribution in [0.5, 0.6) is 0 Å². The molecule has 0 aliphatic heterocycles. The van der Waals surface area contributed by atoms with Crippen molar-refractivity contribution in [3.63, 3.8) is 0 Å². The van der Waals surface area contributed by atoms with Gasteiger partial charge in [0, 0.05) is 11.8 Å². The molecule has 1 aliphatic rings. The van der Waals surface area contributed by atoms with Gasteiger partial charge in [-0.2, -0.15) is 5.10 Å². The highest BCUT2D eigenvalue weighted by Gasteiger charge is 2.26. The topological polar surface area (TPSA) is 103 Å². The van der Waals surface area contributed by atoms with Gasteiger partial charge in [-0.15, -0.1) is 5.10 Å². The van der Waals surface area contributed by atoms with Crippen molar-refractivity contribution < 1.29 is 4.79 Å². The van der Waals surface area contributed by atoms with Crippen LogP contribution >= 0.6 is 0 Å². The van der Waals surface area contributed by atoms with Gasteiger partial charge < -0.3 is 5.32 Å². The number of carbonyl (C=O) groups excluding carboxylic acids is 1. The Bertz CT molecular complexity index is 827. The fourth-order valence-electron chi connectivity index (χ4n) is 3.02. The molecule has 3 aromatic rings. The average molecular weight is 324 g/mol. The van der Waals surface area contributed by atoms with Crippen LogP contribution in [0, 0.1) is 0 Å². The lowest BCUT2D eigenvalue weighted by Gasteiger charge is -2.24. The minimum absolute atomic E-state index is 0.0461. The Hall–Kier alpha value is -3.10. The van der Waals surface area contributed by atoms with Gasteiger partial charge in [0.25, 0.3) is 0 Å². The summed E-state index contributed by atoms with van der Waals surface area (Å²) >= 11 is 0. The molecule has 1 atom stereocenters. The molecule has 9 heteroatoms. The number of carbonyl (C=O) groups is 1. The smallest absolute Gasteiger partial charge is 0.242 e. The molecule has 9 nitrogen and oxygen atoms in total. The van der Waals surface area contributed by atoms with Crippen LogP contribution in [-0.4, -0.2) is 40.9 Å². The maximum atomic E-state index is 12.2. The van der Waals surface area contributed by atoms with Crippen LogP contribution in [-0.2, 0) is 17.8 Å². The van der Waals surface area contributed by atoms with Crippen LogP contribution in [0.25, 0.3) is 5.82 Å². The lowest BCUT2D eigenvalue weighted by Crippen LogP contribution is -2.33. The predicted octanol–water partition coefficient (Wildman–Crippen LogP) is 0.448. The monoisotopic (exact) mass is 324 g/mol. The highest BCUT2D eigenvalue weighted by molar-refractivity contribution is 5.76. The molecule has 1 unspecified atom stereocenters. The van der Waals surface area contributed by atoms with E-state index in [4.69, 9.17) is 0 Å². The molecule has 0 radical (unpaired) electrons. The first-order chi connectivity index (χ1) is 11.8. The number of nitrogens with zero attached hydrogens (tertiary/aromatic N) is 7. The average Bonchev–Trinajstić information content (AvgIpc) is 3.25. The zero-order valence-electron chi connectivity index (χ0n) is 12.9. The molecule has 0 spiro atoms. The SMILES string of the molecule is O=C(Cn1cnnn1)NC1CCCc2c1cnn2-c1ccccn1. The van der Waals surface area contributed by atoms with Crippen molar-refractivity contribution in [2.24, 2.45) is 0 Å². The number of fused-ring (bicyclic) bond motifs is 1. The number of pyridine rings is 1. The maximum absolute atomic E-state index is 12.2. The Labute approximate surface area is 137 Å². The van der Waals surface area contributed by atoms with Gasteiger partial charge in [-0.3, -0.25) is 4.79 Å². The van der Waals surface area contributed by atoms with Crippen molar-refractivity contribution >= 4 is 5.91 Å². The minimum Gasteiger partial charge on any atom is -0.348 e. The van der Waals surface area contributed by atoms with Crippen LogP contribution in [0.4, 0.5) is 0 Å². The molecule has 4 rings (SSSR count). The molecule has 1 amide bonds. The number of nitrogens with one attached hydrogen (secondary N) is 1. The Balaban J connectivity index is 1.54. The van der Waals surface area contributed by atoms with E-state index in [1.807, 2.05) is 29.1 Å². The van der Waals surface area contributed by atoms with Crippen molar-refractivity contribution in [2.75, 3.05) is 0 Å². The Morgan fingerprint density at radius 1 is 1.38 bits per heavy atom. The minimum atomic E-state index is -0.120. The van der Waals surface area contributed by atoms with Gasteiger partial charge in [-0.1, -0.05) is 6.07 Å². The first kappa shape index (κ1) is 14.5. The summed E-state index contributed by atoms with van der Waals surface area (Å²) in [5, 5.41) is 18.3. The Morgan fingerprint density at radius 2 is 2.33 bits per heavy atom. The maximum Gasteiger partial charge on any atom is 0.242 e. The molecule has 3 heterocycles. The summed E-state index contributed by atoms with van der Waals surface area (Å²) in [5.41, 5.74) is 2.16. The molecule has 0 bridgehead atoms. The number of aromatic nitrogens is 7. The second kappa shape index (κ2) is 6.19.